The van der Waals surface area contributed by atoms with Crippen LogP contribution >= 0.6 is 0 Å². The molecule has 0 aromatic rings. The van der Waals surface area contributed by atoms with Crippen LogP contribution < -0.4 is 5.32 Å². The minimum atomic E-state index is -0.142. The molecule has 2 N–H and O–H groups in total. The van der Waals surface area contributed by atoms with E-state index in [1.54, 1.807) is 0 Å². The Hall–Kier alpha value is -0.610. The van der Waals surface area contributed by atoms with Crippen molar-refractivity contribution in [1.82, 2.24) is 10.2 Å². The number of carbonyl (C=O) groups is 1. The summed E-state index contributed by atoms with van der Waals surface area (Å²) >= 11 is 0. The van der Waals surface area contributed by atoms with Gasteiger partial charge in [-0.15, -0.1) is 0 Å². The molecule has 0 rings (SSSR count). The van der Waals surface area contributed by atoms with Crippen molar-refractivity contribution in [2.24, 2.45) is 0 Å². The fourth-order valence-corrected chi connectivity index (χ4v) is 2.12. The summed E-state index contributed by atoms with van der Waals surface area (Å²) in [6, 6.07) is 0.433. The molecule has 0 aliphatic heterocycles. The van der Waals surface area contributed by atoms with Gasteiger partial charge >= 0.3 is 0 Å². The molecule has 0 saturated carbocycles. The first-order chi connectivity index (χ1) is 8.47. The lowest BCUT2D eigenvalue weighted by Crippen LogP contribution is -2.50. The highest BCUT2D eigenvalue weighted by molar-refractivity contribution is 5.81. The molecule has 0 heterocycles. The molecule has 0 bridgehead atoms. The van der Waals surface area contributed by atoms with Gasteiger partial charge in [-0.1, -0.05) is 13.8 Å². The Bertz CT molecular complexity index is 228. The van der Waals surface area contributed by atoms with Gasteiger partial charge in [0.15, 0.2) is 0 Å². The summed E-state index contributed by atoms with van der Waals surface area (Å²) in [5.41, 5.74) is 0. The summed E-state index contributed by atoms with van der Waals surface area (Å²) in [4.78, 5) is 14.3. The van der Waals surface area contributed by atoms with Crippen molar-refractivity contribution in [3.63, 3.8) is 0 Å². The maximum absolute atomic E-state index is 12.2. The van der Waals surface area contributed by atoms with Crippen molar-refractivity contribution in [3.05, 3.63) is 0 Å². The molecule has 0 aliphatic carbocycles. The van der Waals surface area contributed by atoms with Crippen molar-refractivity contribution in [1.29, 1.82) is 0 Å². The molecule has 0 fully saturated rings. The molecule has 4 heteroatoms. The lowest BCUT2D eigenvalue weighted by Gasteiger charge is -2.32. The van der Waals surface area contributed by atoms with Gasteiger partial charge in [0.25, 0.3) is 0 Å². The number of amides is 1. The fraction of sp³-hybridized carbons (Fsp3) is 0.929. The fourth-order valence-electron chi connectivity index (χ4n) is 2.12. The van der Waals surface area contributed by atoms with E-state index in [-0.39, 0.29) is 24.6 Å². The van der Waals surface area contributed by atoms with Gasteiger partial charge in [-0.05, 0) is 40.0 Å². The number of rotatable bonds is 9. The molecule has 1 amide bonds. The minimum absolute atomic E-state index is 0.0929. The van der Waals surface area contributed by atoms with Gasteiger partial charge in [0, 0.05) is 25.2 Å². The molecule has 1 atom stereocenters. The lowest BCUT2D eigenvalue weighted by atomic mass is 10.1. The third kappa shape index (κ3) is 5.83. The van der Waals surface area contributed by atoms with Gasteiger partial charge < -0.3 is 10.4 Å². The number of nitrogens with zero attached hydrogens (tertiary/aromatic N) is 1. The molecule has 0 spiro atoms. The largest absolute Gasteiger partial charge is 0.396 e. The van der Waals surface area contributed by atoms with Crippen LogP contribution in [0, 0.1) is 0 Å². The molecule has 1 unspecified atom stereocenters. The summed E-state index contributed by atoms with van der Waals surface area (Å²) in [6.45, 7) is 11.2. The number of aliphatic hydroxyl groups excluding tert-OH is 1. The third-order valence-electron chi connectivity index (χ3n) is 3.45. The van der Waals surface area contributed by atoms with E-state index in [0.717, 1.165) is 19.4 Å². The van der Waals surface area contributed by atoms with E-state index in [9.17, 15) is 4.79 Å². The zero-order valence-corrected chi connectivity index (χ0v) is 12.6. The molecule has 0 radical (unpaired) electrons. The second-order valence-corrected chi connectivity index (χ2v) is 5.11. The van der Waals surface area contributed by atoms with Crippen LogP contribution in [-0.2, 0) is 4.79 Å². The summed E-state index contributed by atoms with van der Waals surface area (Å²) in [5, 5.41) is 12.0. The zero-order valence-electron chi connectivity index (χ0n) is 12.6. The molecule has 0 saturated heterocycles. The van der Waals surface area contributed by atoms with Gasteiger partial charge in [-0.3, -0.25) is 9.69 Å². The van der Waals surface area contributed by atoms with Crippen LogP contribution in [0.15, 0.2) is 0 Å². The number of nitrogens with one attached hydrogen (secondary N) is 1. The average molecular weight is 258 g/mol. The standard InChI is InChI=1S/C14H30N2O2/c1-6-13(7-2)15-14(18)12(5)16(11(3)4)9-8-10-17/h11-13,17H,6-10H2,1-5H3,(H,15,18). The second-order valence-electron chi connectivity index (χ2n) is 5.11. The Kier molecular flexibility index (Phi) is 9.02. The van der Waals surface area contributed by atoms with Crippen LogP contribution in [0.1, 0.15) is 53.9 Å². The van der Waals surface area contributed by atoms with Gasteiger partial charge in [0.05, 0.1) is 6.04 Å². The molecule has 0 aliphatic rings. The highest BCUT2D eigenvalue weighted by Crippen LogP contribution is 2.08. The first-order valence-corrected chi connectivity index (χ1v) is 7.14. The van der Waals surface area contributed by atoms with E-state index < -0.39 is 0 Å². The van der Waals surface area contributed by atoms with Gasteiger partial charge in [-0.25, -0.2) is 0 Å². The number of aliphatic hydroxyl groups is 1. The maximum Gasteiger partial charge on any atom is 0.237 e. The number of hydrogen-bond acceptors (Lipinski definition) is 3. The van der Waals surface area contributed by atoms with Crippen LogP contribution in [0.4, 0.5) is 0 Å². The first-order valence-electron chi connectivity index (χ1n) is 7.14. The Morgan fingerprint density at radius 3 is 2.17 bits per heavy atom. The zero-order chi connectivity index (χ0) is 14.1. The van der Waals surface area contributed by atoms with E-state index in [0.29, 0.717) is 12.5 Å². The molecular weight excluding hydrogens is 228 g/mol. The first kappa shape index (κ1) is 17.4. The summed E-state index contributed by atoms with van der Waals surface area (Å²) < 4.78 is 0. The molecule has 4 nitrogen and oxygen atoms in total. The Morgan fingerprint density at radius 1 is 1.22 bits per heavy atom. The van der Waals surface area contributed by atoms with Crippen molar-refractivity contribution < 1.29 is 9.90 Å². The maximum atomic E-state index is 12.2. The van der Waals surface area contributed by atoms with E-state index in [4.69, 9.17) is 5.11 Å². The molecular formula is C14H30N2O2. The highest BCUT2D eigenvalue weighted by Gasteiger charge is 2.24. The van der Waals surface area contributed by atoms with Crippen molar-refractivity contribution in [2.75, 3.05) is 13.2 Å². The Balaban J connectivity index is 4.45. The highest BCUT2D eigenvalue weighted by atomic mass is 16.3. The van der Waals surface area contributed by atoms with Crippen LogP contribution in [0.25, 0.3) is 0 Å². The van der Waals surface area contributed by atoms with Gasteiger partial charge in [0.2, 0.25) is 5.91 Å². The second kappa shape index (κ2) is 9.34. The van der Waals surface area contributed by atoms with Crippen LogP contribution in [0.3, 0.4) is 0 Å². The molecule has 0 aromatic carbocycles. The van der Waals surface area contributed by atoms with Crippen LogP contribution in [-0.4, -0.2) is 47.2 Å². The van der Waals surface area contributed by atoms with E-state index >= 15 is 0 Å². The number of carbonyl (C=O) groups excluding carboxylic acids is 1. The van der Waals surface area contributed by atoms with Gasteiger partial charge in [-0.2, -0.15) is 0 Å². The summed E-state index contributed by atoms with van der Waals surface area (Å²) in [7, 11) is 0. The van der Waals surface area contributed by atoms with Crippen molar-refractivity contribution in [3.8, 4) is 0 Å². The monoisotopic (exact) mass is 258 g/mol. The van der Waals surface area contributed by atoms with Crippen LogP contribution in [0.2, 0.25) is 0 Å². The lowest BCUT2D eigenvalue weighted by molar-refractivity contribution is -0.127. The minimum Gasteiger partial charge on any atom is -0.396 e. The molecule has 0 aromatic heterocycles. The van der Waals surface area contributed by atoms with E-state index in [1.165, 1.54) is 0 Å². The smallest absolute Gasteiger partial charge is 0.237 e. The third-order valence-corrected chi connectivity index (χ3v) is 3.45. The molecule has 108 valence electrons. The number of hydrogen-bond donors (Lipinski definition) is 2. The van der Waals surface area contributed by atoms with Gasteiger partial charge in [0.1, 0.15) is 0 Å². The summed E-state index contributed by atoms with van der Waals surface area (Å²) in [5.74, 6) is 0.0929. The Morgan fingerprint density at radius 2 is 1.78 bits per heavy atom. The quantitative estimate of drug-likeness (QED) is 0.663. The summed E-state index contributed by atoms with van der Waals surface area (Å²) in [6.07, 6.45) is 2.64. The Labute approximate surface area is 112 Å². The topological polar surface area (TPSA) is 52.6 Å². The predicted octanol–water partition coefficient (Wildman–Crippen LogP) is 1.77. The predicted molar refractivity (Wildman–Crippen MR) is 75.5 cm³/mol. The van der Waals surface area contributed by atoms with Crippen LogP contribution in [0.5, 0.6) is 0 Å². The van der Waals surface area contributed by atoms with Crippen molar-refractivity contribution in [2.45, 2.75) is 72.0 Å². The average Bonchev–Trinajstić information content (AvgIpc) is 2.35. The normalized spacial score (nSPS) is 13.4. The van der Waals surface area contributed by atoms with E-state index in [2.05, 4.69) is 37.9 Å². The van der Waals surface area contributed by atoms with E-state index in [1.807, 2.05) is 6.92 Å². The SMILES string of the molecule is CCC(CC)NC(=O)C(C)N(CCCO)C(C)C. The van der Waals surface area contributed by atoms with Crippen molar-refractivity contribution >= 4 is 5.91 Å². The molecule has 18 heavy (non-hydrogen) atoms.